The predicted molar refractivity (Wildman–Crippen MR) is 123 cm³/mol. The van der Waals surface area contributed by atoms with Crippen LogP contribution in [0.4, 0.5) is 0 Å². The van der Waals surface area contributed by atoms with Gasteiger partial charge in [-0.3, -0.25) is 9.59 Å². The number of para-hydroxylation sites is 1. The lowest BCUT2D eigenvalue weighted by molar-refractivity contribution is 0.0730. The van der Waals surface area contributed by atoms with E-state index in [1.54, 1.807) is 29.2 Å². The number of ether oxygens (including phenoxy) is 1. The maximum Gasteiger partial charge on any atom is 0.290 e. The van der Waals surface area contributed by atoms with Gasteiger partial charge >= 0.3 is 0 Å². The number of benzene rings is 3. The Balaban J connectivity index is 1.64. The van der Waals surface area contributed by atoms with Crippen molar-refractivity contribution < 1.29 is 13.9 Å². The molecule has 1 aliphatic rings. The van der Waals surface area contributed by atoms with Gasteiger partial charge in [-0.05, 0) is 48.7 Å². The lowest BCUT2D eigenvalue weighted by Gasteiger charge is -2.25. The number of hydrogen-bond acceptors (Lipinski definition) is 4. The SMILES string of the molecule is CCOc1cccc(C2c3c(oc4ccccc4c3=O)C(=O)N2CCc2ccccc2)c1. The number of carbonyl (C=O) groups excluding carboxylic acids is 1. The minimum absolute atomic E-state index is 0.133. The topological polar surface area (TPSA) is 59.8 Å². The molecule has 5 rings (SSSR count). The molecule has 0 saturated carbocycles. The Morgan fingerprint density at radius 3 is 2.53 bits per heavy atom. The Morgan fingerprint density at radius 1 is 0.938 bits per heavy atom. The average Bonchev–Trinajstić information content (AvgIpc) is 3.11. The highest BCUT2D eigenvalue weighted by Gasteiger charge is 2.42. The summed E-state index contributed by atoms with van der Waals surface area (Å²) < 4.78 is 11.7. The standard InChI is InChI=1S/C27H23NO4/c1-2-31-20-12-8-11-19(17-20)24-23-25(29)21-13-6-7-14-22(21)32-26(23)27(30)28(24)16-15-18-9-4-3-5-10-18/h3-14,17,24H,2,15-16H2,1H3. The van der Waals surface area contributed by atoms with Gasteiger partial charge in [0.05, 0.1) is 23.6 Å². The molecule has 4 aromatic rings. The summed E-state index contributed by atoms with van der Waals surface area (Å²) in [4.78, 5) is 28.7. The molecule has 1 amide bonds. The normalized spacial score (nSPS) is 15.2. The Bertz CT molecular complexity index is 1340. The minimum Gasteiger partial charge on any atom is -0.494 e. The van der Waals surface area contributed by atoms with Gasteiger partial charge in [-0.2, -0.15) is 0 Å². The minimum atomic E-state index is -0.525. The molecule has 0 spiro atoms. The average molecular weight is 425 g/mol. The highest BCUT2D eigenvalue weighted by atomic mass is 16.5. The van der Waals surface area contributed by atoms with Crippen molar-refractivity contribution in [2.24, 2.45) is 0 Å². The van der Waals surface area contributed by atoms with Crippen LogP contribution in [0.5, 0.6) is 5.75 Å². The number of nitrogens with zero attached hydrogens (tertiary/aromatic N) is 1. The van der Waals surface area contributed by atoms with Gasteiger partial charge in [0.25, 0.3) is 5.91 Å². The molecule has 32 heavy (non-hydrogen) atoms. The van der Waals surface area contributed by atoms with Crippen molar-refractivity contribution in [2.75, 3.05) is 13.2 Å². The van der Waals surface area contributed by atoms with Crippen molar-refractivity contribution in [3.8, 4) is 5.75 Å². The van der Waals surface area contributed by atoms with Gasteiger partial charge in [0.2, 0.25) is 5.76 Å². The first-order valence-electron chi connectivity index (χ1n) is 10.8. The van der Waals surface area contributed by atoms with Gasteiger partial charge in [-0.15, -0.1) is 0 Å². The van der Waals surface area contributed by atoms with E-state index in [9.17, 15) is 9.59 Å². The maximum absolute atomic E-state index is 13.5. The smallest absolute Gasteiger partial charge is 0.290 e. The molecule has 5 heteroatoms. The molecule has 1 aliphatic heterocycles. The number of hydrogen-bond donors (Lipinski definition) is 0. The second-order valence-corrected chi connectivity index (χ2v) is 7.81. The molecule has 0 radical (unpaired) electrons. The number of amides is 1. The van der Waals surface area contributed by atoms with E-state index in [1.807, 2.05) is 61.5 Å². The van der Waals surface area contributed by atoms with E-state index < -0.39 is 6.04 Å². The molecule has 1 unspecified atom stereocenters. The Morgan fingerprint density at radius 2 is 1.72 bits per heavy atom. The van der Waals surface area contributed by atoms with E-state index >= 15 is 0 Å². The van der Waals surface area contributed by atoms with Crippen LogP contribution >= 0.6 is 0 Å². The molecular weight excluding hydrogens is 402 g/mol. The van der Waals surface area contributed by atoms with Crippen LogP contribution in [0.25, 0.3) is 11.0 Å². The first-order valence-corrected chi connectivity index (χ1v) is 10.8. The van der Waals surface area contributed by atoms with Gasteiger partial charge in [-0.1, -0.05) is 54.6 Å². The lowest BCUT2D eigenvalue weighted by Crippen LogP contribution is -2.31. The van der Waals surface area contributed by atoms with Crippen LogP contribution in [-0.4, -0.2) is 24.0 Å². The van der Waals surface area contributed by atoms with Gasteiger partial charge < -0.3 is 14.1 Å². The summed E-state index contributed by atoms with van der Waals surface area (Å²) in [6.45, 7) is 2.93. The molecule has 1 atom stereocenters. The van der Waals surface area contributed by atoms with Crippen molar-refractivity contribution in [3.05, 3.63) is 112 Å². The fourth-order valence-corrected chi connectivity index (χ4v) is 4.38. The third-order valence-electron chi connectivity index (χ3n) is 5.84. The highest BCUT2D eigenvalue weighted by molar-refractivity contribution is 5.99. The summed E-state index contributed by atoms with van der Waals surface area (Å²) in [5, 5.41) is 0.481. The van der Waals surface area contributed by atoms with E-state index in [0.717, 1.165) is 11.1 Å². The molecule has 0 saturated heterocycles. The third kappa shape index (κ3) is 3.46. The molecule has 0 N–H and O–H groups in total. The van der Waals surface area contributed by atoms with E-state index in [-0.39, 0.29) is 17.1 Å². The number of carbonyl (C=O) groups is 1. The van der Waals surface area contributed by atoms with Crippen molar-refractivity contribution in [1.29, 1.82) is 0 Å². The summed E-state index contributed by atoms with van der Waals surface area (Å²) >= 11 is 0. The van der Waals surface area contributed by atoms with Crippen LogP contribution in [0.3, 0.4) is 0 Å². The van der Waals surface area contributed by atoms with Crippen molar-refractivity contribution >= 4 is 16.9 Å². The maximum atomic E-state index is 13.5. The molecule has 2 heterocycles. The summed E-state index contributed by atoms with van der Waals surface area (Å²) in [5.41, 5.74) is 2.62. The molecule has 0 fully saturated rings. The van der Waals surface area contributed by atoms with E-state index in [1.165, 1.54) is 0 Å². The van der Waals surface area contributed by atoms with Gasteiger partial charge in [-0.25, -0.2) is 0 Å². The molecule has 0 aliphatic carbocycles. The second kappa shape index (κ2) is 8.35. The molecule has 3 aromatic carbocycles. The summed E-state index contributed by atoms with van der Waals surface area (Å²) in [6, 6.07) is 24.2. The van der Waals surface area contributed by atoms with Crippen LogP contribution in [0, 0.1) is 0 Å². The van der Waals surface area contributed by atoms with Crippen molar-refractivity contribution in [2.45, 2.75) is 19.4 Å². The first kappa shape index (κ1) is 20.1. The fraction of sp³-hybridized carbons (Fsp3) is 0.185. The number of fused-ring (bicyclic) bond motifs is 2. The van der Waals surface area contributed by atoms with Crippen LogP contribution in [-0.2, 0) is 6.42 Å². The van der Waals surface area contributed by atoms with Crippen LogP contribution in [0.1, 0.15) is 40.2 Å². The monoisotopic (exact) mass is 425 g/mol. The van der Waals surface area contributed by atoms with Gasteiger partial charge in [0.15, 0.2) is 5.43 Å². The molecule has 0 bridgehead atoms. The van der Waals surface area contributed by atoms with Crippen molar-refractivity contribution in [3.63, 3.8) is 0 Å². The van der Waals surface area contributed by atoms with Gasteiger partial charge in [0, 0.05) is 6.54 Å². The highest BCUT2D eigenvalue weighted by Crippen LogP contribution is 2.39. The largest absolute Gasteiger partial charge is 0.494 e. The van der Waals surface area contributed by atoms with Crippen LogP contribution in [0.2, 0.25) is 0 Å². The lowest BCUT2D eigenvalue weighted by atomic mass is 9.98. The van der Waals surface area contributed by atoms with E-state index in [2.05, 4.69) is 0 Å². The Kier molecular flexibility index (Phi) is 5.23. The second-order valence-electron chi connectivity index (χ2n) is 7.81. The molecular formula is C27H23NO4. The zero-order valence-electron chi connectivity index (χ0n) is 17.8. The van der Waals surface area contributed by atoms with Gasteiger partial charge in [0.1, 0.15) is 11.3 Å². The zero-order chi connectivity index (χ0) is 22.1. The van der Waals surface area contributed by atoms with E-state index in [4.69, 9.17) is 9.15 Å². The molecule has 1 aromatic heterocycles. The third-order valence-corrected chi connectivity index (χ3v) is 5.84. The van der Waals surface area contributed by atoms with Crippen molar-refractivity contribution in [1.82, 2.24) is 4.90 Å². The molecule has 160 valence electrons. The van der Waals surface area contributed by atoms with Crippen LogP contribution < -0.4 is 10.2 Å². The summed E-state index contributed by atoms with van der Waals surface area (Å²) in [5.74, 6) is 0.582. The predicted octanol–water partition coefficient (Wildman–Crippen LogP) is 4.98. The zero-order valence-corrected chi connectivity index (χ0v) is 17.8. The Labute approximate surface area is 185 Å². The summed E-state index contributed by atoms with van der Waals surface area (Å²) in [6.07, 6.45) is 0.677. The number of rotatable bonds is 6. The summed E-state index contributed by atoms with van der Waals surface area (Å²) in [7, 11) is 0. The van der Waals surface area contributed by atoms with Crippen LogP contribution in [0.15, 0.2) is 88.1 Å². The first-order chi connectivity index (χ1) is 15.7. The quantitative estimate of drug-likeness (QED) is 0.437. The molecule has 5 nitrogen and oxygen atoms in total. The fourth-order valence-electron chi connectivity index (χ4n) is 4.38. The Hall–Kier alpha value is -3.86. The van der Waals surface area contributed by atoms with E-state index in [0.29, 0.717) is 41.9 Å².